The van der Waals surface area contributed by atoms with Crippen LogP contribution in [0.5, 0.6) is 0 Å². The van der Waals surface area contributed by atoms with E-state index in [1.54, 1.807) is 6.20 Å². The third-order valence-corrected chi connectivity index (χ3v) is 2.10. The molecule has 1 heterocycles. The van der Waals surface area contributed by atoms with Crippen LogP contribution in [-0.4, -0.2) is 22.1 Å². The van der Waals surface area contributed by atoms with E-state index in [0.29, 0.717) is 6.54 Å². The molecule has 0 radical (unpaired) electrons. The number of rotatable bonds is 5. The summed E-state index contributed by atoms with van der Waals surface area (Å²) in [5.74, 6) is 0.948. The average molecular weight is 192 g/mol. The van der Waals surface area contributed by atoms with E-state index >= 15 is 0 Å². The van der Waals surface area contributed by atoms with E-state index in [2.05, 4.69) is 23.3 Å². The molecule has 0 spiro atoms. The molecule has 0 aliphatic heterocycles. The summed E-state index contributed by atoms with van der Waals surface area (Å²) in [6.45, 7) is 5.58. The lowest BCUT2D eigenvalue weighted by atomic mass is 10.3. The quantitative estimate of drug-likeness (QED) is 0.759. The second-order valence-corrected chi connectivity index (χ2v) is 3.26. The molecule has 4 nitrogen and oxygen atoms in total. The van der Waals surface area contributed by atoms with Crippen LogP contribution in [-0.2, 0) is 6.54 Å². The Morgan fingerprint density at radius 1 is 1.71 bits per heavy atom. The number of nitriles is 1. The van der Waals surface area contributed by atoms with Crippen molar-refractivity contribution in [3.63, 3.8) is 0 Å². The first-order chi connectivity index (χ1) is 6.77. The fourth-order valence-corrected chi connectivity index (χ4v) is 1.26. The smallest absolute Gasteiger partial charge is 0.113 e. The summed E-state index contributed by atoms with van der Waals surface area (Å²) in [4.78, 5) is 4.11. The maximum Gasteiger partial charge on any atom is 0.113 e. The van der Waals surface area contributed by atoms with Crippen LogP contribution in [0.1, 0.15) is 19.2 Å². The lowest BCUT2D eigenvalue weighted by Crippen LogP contribution is -2.32. The number of hydrogen-bond donors (Lipinski definition) is 1. The van der Waals surface area contributed by atoms with Crippen LogP contribution in [0.2, 0.25) is 0 Å². The van der Waals surface area contributed by atoms with Gasteiger partial charge in [-0.05, 0) is 19.9 Å². The van der Waals surface area contributed by atoms with Crippen LogP contribution in [0.4, 0.5) is 0 Å². The summed E-state index contributed by atoms with van der Waals surface area (Å²) in [6, 6.07) is 2.12. The summed E-state index contributed by atoms with van der Waals surface area (Å²) in [7, 11) is 0. The lowest BCUT2D eigenvalue weighted by Gasteiger charge is -2.12. The van der Waals surface area contributed by atoms with Gasteiger partial charge in [0.15, 0.2) is 0 Å². The SMILES string of the molecule is CCCNC(C#N)Cn1ccnc1C. The molecule has 4 heteroatoms. The first-order valence-electron chi connectivity index (χ1n) is 4.88. The van der Waals surface area contributed by atoms with Crippen molar-refractivity contribution >= 4 is 0 Å². The molecule has 14 heavy (non-hydrogen) atoms. The number of aromatic nitrogens is 2. The molecule has 76 valence electrons. The number of imidazole rings is 1. The highest BCUT2D eigenvalue weighted by atomic mass is 15.1. The maximum atomic E-state index is 8.90. The molecule has 0 aliphatic carbocycles. The zero-order valence-electron chi connectivity index (χ0n) is 8.70. The zero-order valence-corrected chi connectivity index (χ0v) is 8.70. The Labute approximate surface area is 84.6 Å². The predicted octanol–water partition coefficient (Wildman–Crippen LogP) is 1.08. The number of hydrogen-bond acceptors (Lipinski definition) is 3. The highest BCUT2D eigenvalue weighted by Crippen LogP contribution is 1.97. The maximum absolute atomic E-state index is 8.90. The Kier molecular flexibility index (Phi) is 4.14. The molecule has 0 saturated carbocycles. The van der Waals surface area contributed by atoms with Gasteiger partial charge in [-0.25, -0.2) is 4.98 Å². The van der Waals surface area contributed by atoms with Gasteiger partial charge in [-0.3, -0.25) is 0 Å². The van der Waals surface area contributed by atoms with E-state index in [1.807, 2.05) is 17.7 Å². The molecule has 1 atom stereocenters. The van der Waals surface area contributed by atoms with Crippen LogP contribution in [0.15, 0.2) is 12.4 Å². The molecular formula is C10H16N4. The van der Waals surface area contributed by atoms with Gasteiger partial charge in [0.05, 0.1) is 12.6 Å². The second-order valence-electron chi connectivity index (χ2n) is 3.26. The molecule has 0 aromatic carbocycles. The summed E-state index contributed by atoms with van der Waals surface area (Å²) >= 11 is 0. The highest BCUT2D eigenvalue weighted by molar-refractivity contribution is 4.95. The molecule has 0 bridgehead atoms. The van der Waals surface area contributed by atoms with Crippen LogP contribution in [0.25, 0.3) is 0 Å². The average Bonchev–Trinajstić information content (AvgIpc) is 2.59. The summed E-state index contributed by atoms with van der Waals surface area (Å²) in [6.07, 6.45) is 4.69. The van der Waals surface area contributed by atoms with Crippen molar-refractivity contribution in [3.8, 4) is 6.07 Å². The molecule has 1 aromatic heterocycles. The van der Waals surface area contributed by atoms with Crippen LogP contribution in [0.3, 0.4) is 0 Å². The normalized spacial score (nSPS) is 12.4. The minimum Gasteiger partial charge on any atom is -0.333 e. The Bertz CT molecular complexity index is 310. The number of aryl methyl sites for hydroxylation is 1. The minimum atomic E-state index is -0.122. The van der Waals surface area contributed by atoms with Gasteiger partial charge in [-0.15, -0.1) is 0 Å². The highest BCUT2D eigenvalue weighted by Gasteiger charge is 2.07. The Morgan fingerprint density at radius 2 is 2.50 bits per heavy atom. The Morgan fingerprint density at radius 3 is 3.00 bits per heavy atom. The molecule has 1 N–H and O–H groups in total. The molecule has 0 fully saturated rings. The van der Waals surface area contributed by atoms with E-state index in [9.17, 15) is 0 Å². The molecule has 0 amide bonds. The molecule has 1 aromatic rings. The van der Waals surface area contributed by atoms with Crippen molar-refractivity contribution in [3.05, 3.63) is 18.2 Å². The predicted molar refractivity (Wildman–Crippen MR) is 54.7 cm³/mol. The van der Waals surface area contributed by atoms with Gasteiger partial charge < -0.3 is 9.88 Å². The standard InChI is InChI=1S/C10H16N4/c1-3-4-13-10(7-11)8-14-6-5-12-9(14)2/h5-6,10,13H,3-4,8H2,1-2H3. The van der Waals surface area contributed by atoms with Crippen molar-refractivity contribution in [2.45, 2.75) is 32.9 Å². The largest absolute Gasteiger partial charge is 0.333 e. The second kappa shape index (κ2) is 5.40. The van der Waals surface area contributed by atoms with Gasteiger partial charge in [0.1, 0.15) is 11.9 Å². The molecule has 0 saturated heterocycles. The van der Waals surface area contributed by atoms with Crippen LogP contribution < -0.4 is 5.32 Å². The third kappa shape index (κ3) is 2.86. The minimum absolute atomic E-state index is 0.122. The number of nitrogens with one attached hydrogen (secondary N) is 1. The first-order valence-corrected chi connectivity index (χ1v) is 4.88. The van der Waals surface area contributed by atoms with Crippen LogP contribution >= 0.6 is 0 Å². The van der Waals surface area contributed by atoms with E-state index in [0.717, 1.165) is 18.8 Å². The number of nitrogens with zero attached hydrogens (tertiary/aromatic N) is 3. The molecule has 1 rings (SSSR count). The Balaban J connectivity index is 2.49. The van der Waals surface area contributed by atoms with Crippen molar-refractivity contribution in [1.29, 1.82) is 5.26 Å². The van der Waals surface area contributed by atoms with Crippen molar-refractivity contribution < 1.29 is 0 Å². The van der Waals surface area contributed by atoms with E-state index in [1.165, 1.54) is 0 Å². The van der Waals surface area contributed by atoms with Crippen molar-refractivity contribution in [1.82, 2.24) is 14.9 Å². The van der Waals surface area contributed by atoms with Crippen molar-refractivity contribution in [2.24, 2.45) is 0 Å². The topological polar surface area (TPSA) is 53.6 Å². The summed E-state index contributed by atoms with van der Waals surface area (Å²) in [5, 5.41) is 12.1. The Hall–Kier alpha value is -1.34. The van der Waals surface area contributed by atoms with Gasteiger partial charge in [-0.2, -0.15) is 5.26 Å². The fraction of sp³-hybridized carbons (Fsp3) is 0.600. The monoisotopic (exact) mass is 192 g/mol. The zero-order chi connectivity index (χ0) is 10.4. The summed E-state index contributed by atoms with van der Waals surface area (Å²) < 4.78 is 1.98. The lowest BCUT2D eigenvalue weighted by molar-refractivity contribution is 0.514. The van der Waals surface area contributed by atoms with Gasteiger partial charge in [0, 0.05) is 12.4 Å². The fourth-order valence-electron chi connectivity index (χ4n) is 1.26. The molecular weight excluding hydrogens is 176 g/mol. The van der Waals surface area contributed by atoms with Gasteiger partial charge >= 0.3 is 0 Å². The first kappa shape index (κ1) is 10.7. The van der Waals surface area contributed by atoms with Gasteiger partial charge in [-0.1, -0.05) is 6.92 Å². The summed E-state index contributed by atoms with van der Waals surface area (Å²) in [5.41, 5.74) is 0. The third-order valence-electron chi connectivity index (χ3n) is 2.10. The van der Waals surface area contributed by atoms with E-state index in [-0.39, 0.29) is 6.04 Å². The van der Waals surface area contributed by atoms with E-state index < -0.39 is 0 Å². The van der Waals surface area contributed by atoms with Crippen LogP contribution in [0, 0.1) is 18.3 Å². The molecule has 0 aliphatic rings. The van der Waals surface area contributed by atoms with Gasteiger partial charge in [0.25, 0.3) is 0 Å². The molecule has 1 unspecified atom stereocenters. The van der Waals surface area contributed by atoms with Gasteiger partial charge in [0.2, 0.25) is 0 Å². The van der Waals surface area contributed by atoms with E-state index in [4.69, 9.17) is 5.26 Å². The van der Waals surface area contributed by atoms with Crippen molar-refractivity contribution in [2.75, 3.05) is 6.54 Å².